The number of rotatable bonds is 8. The predicted molar refractivity (Wildman–Crippen MR) is 81.7 cm³/mol. The van der Waals surface area contributed by atoms with Crippen LogP contribution in [-0.4, -0.2) is 32.4 Å². The molecule has 0 aliphatic carbocycles. The third kappa shape index (κ3) is 4.53. The highest BCUT2D eigenvalue weighted by atomic mass is 32.2. The van der Waals surface area contributed by atoms with Gasteiger partial charge in [0, 0.05) is 18.7 Å². The van der Waals surface area contributed by atoms with Crippen LogP contribution < -0.4 is 5.32 Å². The molecule has 0 radical (unpaired) electrons. The van der Waals surface area contributed by atoms with Crippen molar-refractivity contribution in [3.05, 3.63) is 29.6 Å². The first-order valence-electron chi connectivity index (χ1n) is 6.90. The van der Waals surface area contributed by atoms with Crippen LogP contribution in [0.1, 0.15) is 25.8 Å². The second-order valence-corrected chi connectivity index (χ2v) is 6.51. The van der Waals surface area contributed by atoms with E-state index < -0.39 is 15.8 Å². The molecule has 0 saturated carbocycles. The Morgan fingerprint density at radius 2 is 2.10 bits per heavy atom. The van der Waals surface area contributed by atoms with Gasteiger partial charge in [-0.3, -0.25) is 0 Å². The van der Waals surface area contributed by atoms with Gasteiger partial charge in [-0.25, -0.2) is 12.8 Å². The summed E-state index contributed by atoms with van der Waals surface area (Å²) in [6.07, 6.45) is 5.89. The average Bonchev–Trinajstić information content (AvgIpc) is 2.46. The minimum Gasteiger partial charge on any atom is -0.313 e. The van der Waals surface area contributed by atoms with Gasteiger partial charge in [0.15, 0.2) is 0 Å². The quantitative estimate of drug-likeness (QED) is 0.747. The summed E-state index contributed by atoms with van der Waals surface area (Å²) >= 11 is 0. The summed E-state index contributed by atoms with van der Waals surface area (Å²) in [6.45, 7) is 5.08. The molecule has 0 saturated heterocycles. The second kappa shape index (κ2) is 8.13. The lowest BCUT2D eigenvalue weighted by atomic mass is 10.2. The summed E-state index contributed by atoms with van der Waals surface area (Å²) in [5.41, 5.74) is 0.329. The second-order valence-electron chi connectivity index (χ2n) is 4.58. The maximum atomic E-state index is 13.7. The van der Waals surface area contributed by atoms with Gasteiger partial charge in [-0.2, -0.15) is 4.31 Å². The Hall–Kier alpha value is -1.42. The fourth-order valence-electron chi connectivity index (χ4n) is 1.89. The van der Waals surface area contributed by atoms with Gasteiger partial charge < -0.3 is 5.32 Å². The summed E-state index contributed by atoms with van der Waals surface area (Å²) in [4.78, 5) is 0.0699. The normalized spacial score (nSPS) is 11.6. The minimum atomic E-state index is -3.69. The van der Waals surface area contributed by atoms with Crippen LogP contribution in [0.4, 0.5) is 4.39 Å². The van der Waals surface area contributed by atoms with Gasteiger partial charge in [-0.15, -0.1) is 6.42 Å². The van der Waals surface area contributed by atoms with Gasteiger partial charge in [0.25, 0.3) is 0 Å². The molecular weight excluding hydrogens is 291 g/mol. The van der Waals surface area contributed by atoms with Crippen LogP contribution in [0.2, 0.25) is 0 Å². The van der Waals surface area contributed by atoms with Crippen molar-refractivity contribution >= 4 is 10.0 Å². The molecule has 1 rings (SSSR count). The molecule has 1 aromatic rings. The van der Waals surface area contributed by atoms with E-state index in [0.717, 1.165) is 0 Å². The van der Waals surface area contributed by atoms with Gasteiger partial charge >= 0.3 is 0 Å². The molecule has 21 heavy (non-hydrogen) atoms. The van der Waals surface area contributed by atoms with Gasteiger partial charge in [0.05, 0.1) is 11.4 Å². The van der Waals surface area contributed by atoms with Crippen LogP contribution in [-0.2, 0) is 16.6 Å². The van der Waals surface area contributed by atoms with E-state index in [1.165, 1.54) is 22.5 Å². The van der Waals surface area contributed by atoms with E-state index in [0.29, 0.717) is 25.1 Å². The van der Waals surface area contributed by atoms with Crippen LogP contribution in [0.25, 0.3) is 0 Å². The summed E-state index contributed by atoms with van der Waals surface area (Å²) < 4.78 is 40.0. The molecule has 0 bridgehead atoms. The van der Waals surface area contributed by atoms with Gasteiger partial charge in [-0.1, -0.05) is 19.8 Å². The fourth-order valence-corrected chi connectivity index (χ4v) is 3.39. The molecule has 0 heterocycles. The monoisotopic (exact) mass is 312 g/mol. The molecule has 0 aliphatic rings. The number of nitrogens with zero attached hydrogens (tertiary/aromatic N) is 1. The summed E-state index contributed by atoms with van der Waals surface area (Å²) in [5, 5.41) is 2.98. The van der Waals surface area contributed by atoms with Gasteiger partial charge in [0.2, 0.25) is 10.0 Å². The first-order valence-corrected chi connectivity index (χ1v) is 8.34. The van der Waals surface area contributed by atoms with Gasteiger partial charge in [0.1, 0.15) is 5.82 Å². The van der Waals surface area contributed by atoms with Crippen LogP contribution in [0, 0.1) is 18.2 Å². The average molecular weight is 312 g/mol. The molecule has 1 aromatic carbocycles. The van der Waals surface area contributed by atoms with E-state index in [4.69, 9.17) is 6.42 Å². The van der Waals surface area contributed by atoms with E-state index in [1.807, 2.05) is 13.8 Å². The number of benzene rings is 1. The highest BCUT2D eigenvalue weighted by Crippen LogP contribution is 2.19. The number of nitrogens with one attached hydrogen (secondary N) is 1. The molecule has 0 aliphatic heterocycles. The van der Waals surface area contributed by atoms with Crippen molar-refractivity contribution in [1.29, 1.82) is 0 Å². The smallest absolute Gasteiger partial charge is 0.243 e. The first-order chi connectivity index (χ1) is 9.97. The number of sulfonamides is 1. The zero-order chi connectivity index (χ0) is 15.9. The Kier molecular flexibility index (Phi) is 6.82. The molecule has 0 fully saturated rings. The Morgan fingerprint density at radius 1 is 1.38 bits per heavy atom. The van der Waals surface area contributed by atoms with Crippen LogP contribution in [0.5, 0.6) is 0 Å². The molecule has 6 heteroatoms. The third-order valence-electron chi connectivity index (χ3n) is 2.96. The molecule has 0 spiro atoms. The van der Waals surface area contributed by atoms with Crippen molar-refractivity contribution in [2.75, 3.05) is 19.6 Å². The molecule has 1 N–H and O–H groups in total. The number of halogens is 1. The third-order valence-corrected chi connectivity index (χ3v) is 4.80. The Morgan fingerprint density at radius 3 is 2.67 bits per heavy atom. The lowest BCUT2D eigenvalue weighted by Crippen LogP contribution is -2.32. The summed E-state index contributed by atoms with van der Waals surface area (Å²) in [6, 6.07) is 3.82. The molecular formula is C15H21FN2O2S. The van der Waals surface area contributed by atoms with Crippen molar-refractivity contribution < 1.29 is 12.8 Å². The van der Waals surface area contributed by atoms with Crippen molar-refractivity contribution in [1.82, 2.24) is 9.62 Å². The van der Waals surface area contributed by atoms with E-state index in [2.05, 4.69) is 11.2 Å². The van der Waals surface area contributed by atoms with E-state index in [1.54, 1.807) is 0 Å². The lowest BCUT2D eigenvalue weighted by molar-refractivity contribution is 0.445. The highest BCUT2D eigenvalue weighted by Gasteiger charge is 2.23. The Balaban J connectivity index is 3.15. The predicted octanol–water partition coefficient (Wildman–Crippen LogP) is 1.97. The summed E-state index contributed by atoms with van der Waals surface area (Å²) in [5.74, 6) is 1.93. The molecule has 0 aromatic heterocycles. The van der Waals surface area contributed by atoms with Gasteiger partial charge in [-0.05, 0) is 31.2 Å². The van der Waals surface area contributed by atoms with Crippen molar-refractivity contribution in [3.63, 3.8) is 0 Å². The highest BCUT2D eigenvalue weighted by molar-refractivity contribution is 7.89. The Labute approximate surface area is 126 Å². The van der Waals surface area contributed by atoms with E-state index >= 15 is 0 Å². The zero-order valence-corrected chi connectivity index (χ0v) is 13.2. The topological polar surface area (TPSA) is 49.4 Å². The Bertz CT molecular complexity index is 609. The van der Waals surface area contributed by atoms with Crippen LogP contribution in [0.15, 0.2) is 23.1 Å². The molecule has 4 nitrogen and oxygen atoms in total. The van der Waals surface area contributed by atoms with Crippen LogP contribution in [0.3, 0.4) is 0 Å². The molecule has 0 amide bonds. The standard InChI is InChI=1S/C15H21FN2O2S/c1-4-9-18(10-5-2)21(19,20)14-7-8-15(16)13(11-14)12-17-6-3/h1,7-8,11,17H,5-6,9-10,12H2,2-3H3. The lowest BCUT2D eigenvalue weighted by Gasteiger charge is -2.19. The van der Waals surface area contributed by atoms with Crippen molar-refractivity contribution in [2.45, 2.75) is 31.7 Å². The van der Waals surface area contributed by atoms with E-state index in [9.17, 15) is 12.8 Å². The number of hydrogen-bond donors (Lipinski definition) is 1. The van der Waals surface area contributed by atoms with Crippen molar-refractivity contribution in [3.8, 4) is 12.3 Å². The minimum absolute atomic E-state index is 0.0100. The molecule has 0 unspecified atom stereocenters. The zero-order valence-electron chi connectivity index (χ0n) is 12.4. The largest absolute Gasteiger partial charge is 0.313 e. The van der Waals surface area contributed by atoms with E-state index in [-0.39, 0.29) is 18.0 Å². The fraction of sp³-hybridized carbons (Fsp3) is 0.467. The SMILES string of the molecule is C#CCN(CCC)S(=O)(=O)c1ccc(F)c(CNCC)c1. The maximum absolute atomic E-state index is 13.7. The molecule has 0 atom stereocenters. The maximum Gasteiger partial charge on any atom is 0.243 e. The van der Waals surface area contributed by atoms with Crippen LogP contribution >= 0.6 is 0 Å². The van der Waals surface area contributed by atoms with Crippen molar-refractivity contribution in [2.24, 2.45) is 0 Å². The number of terminal acetylenes is 1. The number of hydrogen-bond acceptors (Lipinski definition) is 3. The summed E-state index contributed by atoms with van der Waals surface area (Å²) in [7, 11) is -3.69. The molecule has 116 valence electrons. The first kappa shape index (κ1) is 17.6.